The number of rotatable bonds is 5. The highest BCUT2D eigenvalue weighted by Crippen LogP contribution is 2.32. The number of phenols is 1. The Hall–Kier alpha value is -2.13. The number of benzene rings is 2. The highest BCUT2D eigenvalue weighted by Gasteiger charge is 2.07. The molecule has 0 radical (unpaired) electrons. The van der Waals surface area contributed by atoms with Crippen LogP contribution in [0.3, 0.4) is 0 Å². The smallest absolute Gasteiger partial charge is 0.123 e. The topological polar surface area (TPSA) is 33.1 Å². The van der Waals surface area contributed by atoms with Crippen molar-refractivity contribution in [2.75, 3.05) is 0 Å². The molecular weight excluding hydrogens is 290 g/mol. The van der Waals surface area contributed by atoms with E-state index >= 15 is 0 Å². The lowest BCUT2D eigenvalue weighted by molar-refractivity contribution is 0.475. The number of phenolic OH excluding ortho intramolecular Hbond substituents is 1. The highest BCUT2D eigenvalue weighted by atomic mass is 32.1. The fourth-order valence-corrected chi connectivity index (χ4v) is 3.29. The van der Waals surface area contributed by atoms with E-state index in [1.165, 1.54) is 18.4 Å². The van der Waals surface area contributed by atoms with Crippen molar-refractivity contribution in [2.24, 2.45) is 0 Å². The number of aromatic nitrogens is 1. The first-order chi connectivity index (χ1) is 10.8. The highest BCUT2D eigenvalue weighted by molar-refractivity contribution is 7.18. The summed E-state index contributed by atoms with van der Waals surface area (Å²) in [4.78, 5) is 5.65. The average molecular weight is 309 g/mol. The number of hydrogen-bond donors (Lipinski definition) is 1. The number of aryl methyl sites for hydroxylation is 1. The Morgan fingerprint density at radius 3 is 2.32 bits per heavy atom. The molecule has 2 nitrogen and oxygen atoms in total. The first-order valence-electron chi connectivity index (χ1n) is 7.61. The zero-order valence-electron chi connectivity index (χ0n) is 12.6. The van der Waals surface area contributed by atoms with Gasteiger partial charge in [0.15, 0.2) is 0 Å². The molecule has 0 spiro atoms. The fourth-order valence-electron chi connectivity index (χ4n) is 2.36. The number of aromatic hydroxyl groups is 1. The zero-order valence-corrected chi connectivity index (χ0v) is 13.4. The molecular formula is C19H19NOS. The Bertz CT molecular complexity index is 729. The van der Waals surface area contributed by atoms with Gasteiger partial charge in [0.1, 0.15) is 10.8 Å². The third kappa shape index (κ3) is 3.37. The van der Waals surface area contributed by atoms with Crippen LogP contribution in [0, 0.1) is 0 Å². The van der Waals surface area contributed by atoms with Crippen LogP contribution in [0.5, 0.6) is 5.75 Å². The van der Waals surface area contributed by atoms with Crippen LogP contribution in [0.4, 0.5) is 0 Å². The predicted octanol–water partition coefficient (Wildman–Crippen LogP) is 5.53. The summed E-state index contributed by atoms with van der Waals surface area (Å²) in [5.41, 5.74) is 3.64. The van der Waals surface area contributed by atoms with Crippen molar-refractivity contribution in [1.29, 1.82) is 0 Å². The van der Waals surface area contributed by atoms with Crippen LogP contribution in [0.25, 0.3) is 21.0 Å². The molecule has 1 N–H and O–H groups in total. The summed E-state index contributed by atoms with van der Waals surface area (Å²) in [6.07, 6.45) is 5.51. The van der Waals surface area contributed by atoms with E-state index in [0.29, 0.717) is 0 Å². The first kappa shape index (κ1) is 14.8. The second kappa shape index (κ2) is 6.75. The van der Waals surface area contributed by atoms with Gasteiger partial charge < -0.3 is 5.11 Å². The summed E-state index contributed by atoms with van der Waals surface area (Å²) < 4.78 is 0. The summed E-state index contributed by atoms with van der Waals surface area (Å²) >= 11 is 1.68. The molecule has 0 saturated carbocycles. The van der Waals surface area contributed by atoms with E-state index in [1.54, 1.807) is 23.5 Å². The van der Waals surface area contributed by atoms with Gasteiger partial charge >= 0.3 is 0 Å². The van der Waals surface area contributed by atoms with Crippen LogP contribution in [-0.2, 0) is 6.42 Å². The summed E-state index contributed by atoms with van der Waals surface area (Å²) in [5.74, 6) is 0.288. The van der Waals surface area contributed by atoms with Crippen LogP contribution < -0.4 is 0 Å². The van der Waals surface area contributed by atoms with Gasteiger partial charge in [-0.1, -0.05) is 37.6 Å². The molecule has 22 heavy (non-hydrogen) atoms. The van der Waals surface area contributed by atoms with Crippen LogP contribution in [0.2, 0.25) is 0 Å². The van der Waals surface area contributed by atoms with Gasteiger partial charge in [0, 0.05) is 11.8 Å². The van der Waals surface area contributed by atoms with Gasteiger partial charge in [0.2, 0.25) is 0 Å². The molecule has 1 aromatic heterocycles. The van der Waals surface area contributed by atoms with E-state index < -0.39 is 0 Å². The van der Waals surface area contributed by atoms with Crippen LogP contribution in [0.1, 0.15) is 25.3 Å². The summed E-state index contributed by atoms with van der Waals surface area (Å²) in [6, 6.07) is 16.0. The maximum Gasteiger partial charge on any atom is 0.123 e. The Balaban J connectivity index is 1.79. The molecule has 3 heteroatoms. The van der Waals surface area contributed by atoms with Crippen molar-refractivity contribution >= 4 is 11.3 Å². The zero-order chi connectivity index (χ0) is 15.4. The minimum Gasteiger partial charge on any atom is -0.508 e. The molecule has 1 heterocycles. The van der Waals surface area contributed by atoms with Gasteiger partial charge in [-0.25, -0.2) is 4.98 Å². The van der Waals surface area contributed by atoms with Gasteiger partial charge in [-0.2, -0.15) is 0 Å². The van der Waals surface area contributed by atoms with Crippen LogP contribution in [-0.4, -0.2) is 10.1 Å². The summed E-state index contributed by atoms with van der Waals surface area (Å²) in [5, 5.41) is 10.4. The third-order valence-corrected chi connectivity index (χ3v) is 4.77. The van der Waals surface area contributed by atoms with Crippen molar-refractivity contribution < 1.29 is 5.11 Å². The molecule has 2 aromatic carbocycles. The minimum atomic E-state index is 0.288. The Kier molecular flexibility index (Phi) is 4.54. The van der Waals surface area contributed by atoms with Gasteiger partial charge in [0.05, 0.1) is 4.88 Å². The Morgan fingerprint density at radius 1 is 0.955 bits per heavy atom. The van der Waals surface area contributed by atoms with Crippen molar-refractivity contribution in [3.63, 3.8) is 0 Å². The maximum atomic E-state index is 9.36. The molecule has 0 saturated heterocycles. The molecule has 3 rings (SSSR count). The molecule has 3 aromatic rings. The van der Waals surface area contributed by atoms with Crippen LogP contribution >= 0.6 is 11.3 Å². The lowest BCUT2D eigenvalue weighted by Crippen LogP contribution is -1.84. The molecule has 0 aliphatic carbocycles. The van der Waals surface area contributed by atoms with E-state index in [2.05, 4.69) is 36.2 Å². The van der Waals surface area contributed by atoms with Gasteiger partial charge in [-0.15, -0.1) is 11.3 Å². The van der Waals surface area contributed by atoms with Crippen molar-refractivity contribution in [1.82, 2.24) is 4.98 Å². The largest absolute Gasteiger partial charge is 0.508 e. The molecule has 0 aliphatic heterocycles. The first-order valence-corrected chi connectivity index (χ1v) is 8.42. The average Bonchev–Trinajstić information content (AvgIpc) is 3.04. The molecule has 0 unspecified atom stereocenters. The fraction of sp³-hybridized carbons (Fsp3) is 0.211. The molecule has 0 aliphatic rings. The number of thiazole rings is 1. The number of hydrogen-bond acceptors (Lipinski definition) is 3. The van der Waals surface area contributed by atoms with E-state index in [1.807, 2.05) is 18.3 Å². The van der Waals surface area contributed by atoms with Crippen molar-refractivity contribution in [3.05, 3.63) is 60.3 Å². The molecule has 0 amide bonds. The van der Waals surface area contributed by atoms with E-state index in [-0.39, 0.29) is 5.75 Å². The van der Waals surface area contributed by atoms with E-state index in [4.69, 9.17) is 0 Å². The second-order valence-electron chi connectivity index (χ2n) is 5.38. The quantitative estimate of drug-likeness (QED) is 0.672. The van der Waals surface area contributed by atoms with Gasteiger partial charge in [-0.05, 0) is 48.2 Å². The van der Waals surface area contributed by atoms with E-state index in [0.717, 1.165) is 27.4 Å². The summed E-state index contributed by atoms with van der Waals surface area (Å²) in [7, 11) is 0. The maximum absolute atomic E-state index is 9.36. The van der Waals surface area contributed by atoms with Gasteiger partial charge in [0.25, 0.3) is 0 Å². The molecule has 112 valence electrons. The Morgan fingerprint density at radius 2 is 1.64 bits per heavy atom. The lowest BCUT2D eigenvalue weighted by atomic mass is 10.1. The SMILES string of the molecule is CCCCc1ccc(-c2ncc(-c3ccc(O)cc3)s2)cc1. The third-order valence-electron chi connectivity index (χ3n) is 3.68. The molecule has 0 atom stereocenters. The Labute approximate surface area is 135 Å². The standard InChI is InChI=1S/C19H19NOS/c1-2-3-4-14-5-7-16(8-6-14)19-20-13-18(22-19)15-9-11-17(21)12-10-15/h5-13,21H,2-4H2,1H3. The monoisotopic (exact) mass is 309 g/mol. The van der Waals surface area contributed by atoms with E-state index in [9.17, 15) is 5.11 Å². The lowest BCUT2D eigenvalue weighted by Gasteiger charge is -2.01. The van der Waals surface area contributed by atoms with Crippen molar-refractivity contribution in [2.45, 2.75) is 26.2 Å². The van der Waals surface area contributed by atoms with Crippen LogP contribution in [0.15, 0.2) is 54.7 Å². The predicted molar refractivity (Wildman–Crippen MR) is 93.3 cm³/mol. The molecule has 0 fully saturated rings. The number of unbranched alkanes of at least 4 members (excludes halogenated alkanes) is 1. The minimum absolute atomic E-state index is 0.288. The number of nitrogens with zero attached hydrogens (tertiary/aromatic N) is 1. The van der Waals surface area contributed by atoms with Crippen molar-refractivity contribution in [3.8, 4) is 26.8 Å². The van der Waals surface area contributed by atoms with Gasteiger partial charge in [-0.3, -0.25) is 0 Å². The normalized spacial score (nSPS) is 10.8. The molecule has 0 bridgehead atoms. The second-order valence-corrected chi connectivity index (χ2v) is 6.41. The summed E-state index contributed by atoms with van der Waals surface area (Å²) in [6.45, 7) is 2.22.